The van der Waals surface area contributed by atoms with E-state index in [-0.39, 0.29) is 11.9 Å². The summed E-state index contributed by atoms with van der Waals surface area (Å²) >= 11 is 0. The fourth-order valence-electron chi connectivity index (χ4n) is 3.05. The lowest BCUT2D eigenvalue weighted by molar-refractivity contribution is -0.133. The predicted molar refractivity (Wildman–Crippen MR) is 88.3 cm³/mol. The first-order valence-corrected chi connectivity index (χ1v) is 8.77. The normalized spacial score (nSPS) is 19.3. The topological polar surface area (TPSA) is 56.3 Å². The first kappa shape index (κ1) is 18.0. The van der Waals surface area contributed by atoms with E-state index in [4.69, 9.17) is 4.74 Å². The van der Waals surface area contributed by atoms with E-state index >= 15 is 0 Å². The lowest BCUT2D eigenvalue weighted by Crippen LogP contribution is -2.55. The Morgan fingerprint density at radius 2 is 1.39 bits per heavy atom. The maximum atomic E-state index is 12.4. The number of urea groups is 1. The highest BCUT2D eigenvalue weighted by atomic mass is 16.5. The average Bonchev–Trinajstić information content (AvgIpc) is 2.62. The molecule has 0 radical (unpaired) electrons. The molecule has 0 unspecified atom stereocenters. The zero-order valence-corrected chi connectivity index (χ0v) is 14.5. The van der Waals surface area contributed by atoms with Gasteiger partial charge in [-0.3, -0.25) is 4.79 Å². The number of amides is 3. The fraction of sp³-hybridized carbons (Fsp3) is 0.875. The third-order valence-corrected chi connectivity index (χ3v) is 4.72. The third kappa shape index (κ3) is 5.07. The van der Waals surface area contributed by atoms with Gasteiger partial charge >= 0.3 is 6.03 Å². The highest BCUT2D eigenvalue weighted by Crippen LogP contribution is 2.09. The van der Waals surface area contributed by atoms with Crippen LogP contribution in [0.2, 0.25) is 0 Å². The Kier molecular flexibility index (Phi) is 7.11. The van der Waals surface area contributed by atoms with Crippen LogP contribution in [-0.4, -0.2) is 104 Å². The minimum Gasteiger partial charge on any atom is -0.378 e. The van der Waals surface area contributed by atoms with E-state index in [0.29, 0.717) is 58.9 Å². The van der Waals surface area contributed by atoms with Crippen molar-refractivity contribution in [3.8, 4) is 0 Å². The SMILES string of the molecule is CCN(CC)CCC(=O)N1CCN(C(=O)N2CCOCC2)CC1. The molecule has 0 spiro atoms. The maximum absolute atomic E-state index is 12.4. The van der Waals surface area contributed by atoms with Crippen LogP contribution in [0.1, 0.15) is 20.3 Å². The van der Waals surface area contributed by atoms with Gasteiger partial charge in [-0.1, -0.05) is 13.8 Å². The Morgan fingerprint density at radius 1 is 0.870 bits per heavy atom. The fourth-order valence-corrected chi connectivity index (χ4v) is 3.05. The number of hydrogen-bond donors (Lipinski definition) is 0. The highest BCUT2D eigenvalue weighted by molar-refractivity contribution is 5.78. The van der Waals surface area contributed by atoms with Crippen molar-refractivity contribution in [2.24, 2.45) is 0 Å². The van der Waals surface area contributed by atoms with Crippen molar-refractivity contribution < 1.29 is 14.3 Å². The number of ether oxygens (including phenoxy) is 1. The van der Waals surface area contributed by atoms with Crippen molar-refractivity contribution in [2.45, 2.75) is 20.3 Å². The van der Waals surface area contributed by atoms with Gasteiger partial charge in [-0.2, -0.15) is 0 Å². The van der Waals surface area contributed by atoms with E-state index in [1.54, 1.807) is 0 Å². The molecule has 2 aliphatic heterocycles. The van der Waals surface area contributed by atoms with Gasteiger partial charge in [0.25, 0.3) is 0 Å². The summed E-state index contributed by atoms with van der Waals surface area (Å²) in [6.07, 6.45) is 0.569. The number of morpholine rings is 1. The van der Waals surface area contributed by atoms with E-state index in [1.165, 1.54) is 0 Å². The van der Waals surface area contributed by atoms with E-state index in [1.807, 2.05) is 14.7 Å². The zero-order chi connectivity index (χ0) is 16.7. The molecule has 7 nitrogen and oxygen atoms in total. The Labute approximate surface area is 139 Å². The van der Waals surface area contributed by atoms with Gasteiger partial charge < -0.3 is 24.3 Å². The van der Waals surface area contributed by atoms with Crippen LogP contribution in [0.3, 0.4) is 0 Å². The van der Waals surface area contributed by atoms with Gasteiger partial charge in [-0.25, -0.2) is 4.79 Å². The smallest absolute Gasteiger partial charge is 0.320 e. The molecule has 2 saturated heterocycles. The summed E-state index contributed by atoms with van der Waals surface area (Å²) < 4.78 is 5.28. The summed E-state index contributed by atoms with van der Waals surface area (Å²) in [4.78, 5) is 32.6. The van der Waals surface area contributed by atoms with Gasteiger partial charge in [-0.05, 0) is 13.1 Å². The van der Waals surface area contributed by atoms with Crippen LogP contribution in [0.5, 0.6) is 0 Å². The molecule has 0 aromatic carbocycles. The largest absolute Gasteiger partial charge is 0.378 e. The van der Waals surface area contributed by atoms with Gasteiger partial charge in [-0.15, -0.1) is 0 Å². The maximum Gasteiger partial charge on any atom is 0.320 e. The number of carbonyl (C=O) groups excluding carboxylic acids is 2. The molecule has 0 N–H and O–H groups in total. The van der Waals surface area contributed by atoms with Gasteiger partial charge in [0.2, 0.25) is 5.91 Å². The minimum absolute atomic E-state index is 0.0866. The lowest BCUT2D eigenvalue weighted by atomic mass is 10.2. The quantitative estimate of drug-likeness (QED) is 0.730. The van der Waals surface area contributed by atoms with E-state index in [0.717, 1.165) is 19.6 Å². The Morgan fingerprint density at radius 3 is 1.96 bits per heavy atom. The van der Waals surface area contributed by atoms with E-state index in [2.05, 4.69) is 18.7 Å². The molecular weight excluding hydrogens is 296 g/mol. The number of rotatable bonds is 5. The summed E-state index contributed by atoms with van der Waals surface area (Å²) in [5.74, 6) is 0.204. The number of nitrogens with zero attached hydrogens (tertiary/aromatic N) is 4. The third-order valence-electron chi connectivity index (χ3n) is 4.72. The van der Waals surface area contributed by atoms with Crippen molar-refractivity contribution in [3.05, 3.63) is 0 Å². The zero-order valence-electron chi connectivity index (χ0n) is 14.5. The highest BCUT2D eigenvalue weighted by Gasteiger charge is 2.27. The van der Waals surface area contributed by atoms with Crippen molar-refractivity contribution in [1.82, 2.24) is 19.6 Å². The molecule has 132 valence electrons. The summed E-state index contributed by atoms with van der Waals surface area (Å²) in [6, 6.07) is 0.0866. The molecule has 7 heteroatoms. The molecule has 2 rings (SSSR count). The van der Waals surface area contributed by atoms with Crippen molar-refractivity contribution in [1.29, 1.82) is 0 Å². The van der Waals surface area contributed by atoms with Crippen LogP contribution < -0.4 is 0 Å². The van der Waals surface area contributed by atoms with Crippen LogP contribution in [0.15, 0.2) is 0 Å². The molecule has 0 aliphatic carbocycles. The van der Waals surface area contributed by atoms with Gasteiger partial charge in [0.05, 0.1) is 13.2 Å². The summed E-state index contributed by atoms with van der Waals surface area (Å²) in [6.45, 7) is 12.1. The summed E-state index contributed by atoms with van der Waals surface area (Å²) in [5, 5.41) is 0. The Bertz CT molecular complexity index is 387. The number of carbonyl (C=O) groups is 2. The van der Waals surface area contributed by atoms with E-state index < -0.39 is 0 Å². The molecular formula is C16H30N4O3. The van der Waals surface area contributed by atoms with Crippen LogP contribution in [0.25, 0.3) is 0 Å². The number of hydrogen-bond acceptors (Lipinski definition) is 4. The first-order chi connectivity index (χ1) is 11.2. The van der Waals surface area contributed by atoms with Gasteiger partial charge in [0.1, 0.15) is 0 Å². The minimum atomic E-state index is 0.0866. The molecule has 0 aromatic heterocycles. The van der Waals surface area contributed by atoms with Crippen molar-refractivity contribution >= 4 is 11.9 Å². The summed E-state index contributed by atoms with van der Waals surface area (Å²) in [5.41, 5.74) is 0. The van der Waals surface area contributed by atoms with Crippen molar-refractivity contribution in [3.63, 3.8) is 0 Å². The molecule has 0 aromatic rings. The number of piperazine rings is 1. The second kappa shape index (κ2) is 9.08. The predicted octanol–water partition coefficient (Wildman–Crippen LogP) is 0.315. The molecule has 2 heterocycles. The van der Waals surface area contributed by atoms with Crippen molar-refractivity contribution in [2.75, 3.05) is 72.1 Å². The Balaban J connectivity index is 1.72. The molecule has 2 fully saturated rings. The Hall–Kier alpha value is -1.34. The van der Waals surface area contributed by atoms with Gasteiger partial charge in [0, 0.05) is 52.2 Å². The van der Waals surface area contributed by atoms with E-state index in [9.17, 15) is 9.59 Å². The lowest BCUT2D eigenvalue weighted by Gasteiger charge is -2.38. The summed E-state index contributed by atoms with van der Waals surface area (Å²) in [7, 11) is 0. The second-order valence-corrected chi connectivity index (χ2v) is 6.03. The molecule has 0 saturated carbocycles. The standard InChI is InChI=1S/C16H30N4O3/c1-3-17(4-2)6-5-15(21)18-7-9-19(10-8-18)16(22)20-11-13-23-14-12-20/h3-14H2,1-2H3. The van der Waals surface area contributed by atoms with Crippen LogP contribution in [0, 0.1) is 0 Å². The second-order valence-electron chi connectivity index (χ2n) is 6.03. The molecule has 0 atom stereocenters. The average molecular weight is 326 g/mol. The molecule has 0 bridgehead atoms. The molecule has 23 heavy (non-hydrogen) atoms. The van der Waals surface area contributed by atoms with Crippen LogP contribution in [-0.2, 0) is 9.53 Å². The van der Waals surface area contributed by atoms with Crippen LogP contribution in [0.4, 0.5) is 4.79 Å². The molecule has 2 aliphatic rings. The monoisotopic (exact) mass is 326 g/mol. The van der Waals surface area contributed by atoms with Gasteiger partial charge in [0.15, 0.2) is 0 Å². The van der Waals surface area contributed by atoms with Crippen LogP contribution >= 0.6 is 0 Å². The molecule has 3 amide bonds. The first-order valence-electron chi connectivity index (χ1n) is 8.77.